The van der Waals surface area contributed by atoms with Crippen LogP contribution in [0.25, 0.3) is 0 Å². The smallest absolute Gasteiger partial charge is 0.353 e. The van der Waals surface area contributed by atoms with Crippen LogP contribution in [0.3, 0.4) is 0 Å². The lowest BCUT2D eigenvalue weighted by atomic mass is 10.0. The Bertz CT molecular complexity index is 993. The van der Waals surface area contributed by atoms with Gasteiger partial charge in [-0.1, -0.05) is 30.7 Å². The molecule has 6 nitrogen and oxygen atoms in total. The molecule has 1 aliphatic carbocycles. The summed E-state index contributed by atoms with van der Waals surface area (Å²) in [7, 11) is 0. The van der Waals surface area contributed by atoms with Gasteiger partial charge in [0.1, 0.15) is 12.1 Å². The van der Waals surface area contributed by atoms with Crippen molar-refractivity contribution in [3.63, 3.8) is 0 Å². The minimum absolute atomic E-state index is 0.182. The second-order valence-electron chi connectivity index (χ2n) is 9.01. The summed E-state index contributed by atoms with van der Waals surface area (Å²) < 4.78 is 38.1. The van der Waals surface area contributed by atoms with Crippen molar-refractivity contribution in [1.29, 1.82) is 0 Å². The second kappa shape index (κ2) is 10.5. The Balaban J connectivity index is 1.41. The van der Waals surface area contributed by atoms with Crippen LogP contribution in [0.2, 0.25) is 5.02 Å². The quantitative estimate of drug-likeness (QED) is 0.629. The van der Waals surface area contributed by atoms with Crippen LogP contribution in [0.5, 0.6) is 0 Å². The monoisotopic (exact) mass is 495 g/mol. The van der Waals surface area contributed by atoms with Crippen molar-refractivity contribution in [1.82, 2.24) is 20.2 Å². The van der Waals surface area contributed by atoms with Crippen molar-refractivity contribution < 1.29 is 18.0 Å². The number of hydrogen-bond donors (Lipinski definition) is 1. The first kappa shape index (κ1) is 24.7. The molecule has 0 radical (unpaired) electrons. The molecule has 184 valence electrons. The van der Waals surface area contributed by atoms with E-state index in [1.165, 1.54) is 5.56 Å². The van der Waals surface area contributed by atoms with Crippen LogP contribution in [0, 0.1) is 0 Å². The van der Waals surface area contributed by atoms with Gasteiger partial charge in [0, 0.05) is 49.0 Å². The van der Waals surface area contributed by atoms with Gasteiger partial charge in [-0.2, -0.15) is 13.2 Å². The van der Waals surface area contributed by atoms with E-state index in [0.717, 1.165) is 29.9 Å². The zero-order valence-electron chi connectivity index (χ0n) is 19.1. The average molecular weight is 496 g/mol. The maximum atomic E-state index is 13.3. The van der Waals surface area contributed by atoms with Gasteiger partial charge in [-0.05, 0) is 42.9 Å². The topological polar surface area (TPSA) is 61.4 Å². The van der Waals surface area contributed by atoms with Gasteiger partial charge in [0.2, 0.25) is 5.91 Å². The van der Waals surface area contributed by atoms with E-state index in [0.29, 0.717) is 43.5 Å². The molecule has 1 aliphatic heterocycles. The van der Waals surface area contributed by atoms with Crippen LogP contribution < -0.4 is 10.2 Å². The highest BCUT2D eigenvalue weighted by molar-refractivity contribution is 6.30. The Kier molecular flexibility index (Phi) is 7.62. The predicted octanol–water partition coefficient (Wildman–Crippen LogP) is 3.98. The summed E-state index contributed by atoms with van der Waals surface area (Å²) in [6.45, 7) is 4.11. The van der Waals surface area contributed by atoms with Gasteiger partial charge in [0.05, 0.1) is 12.5 Å². The molecule has 1 unspecified atom stereocenters. The summed E-state index contributed by atoms with van der Waals surface area (Å²) in [4.78, 5) is 26.2. The molecule has 1 aromatic carbocycles. The van der Waals surface area contributed by atoms with E-state index < -0.39 is 18.6 Å². The summed E-state index contributed by atoms with van der Waals surface area (Å²) in [5.41, 5.74) is 3.15. The summed E-state index contributed by atoms with van der Waals surface area (Å²) in [5.74, 6) is 1.17. The van der Waals surface area contributed by atoms with E-state index in [1.54, 1.807) is 35.5 Å². The van der Waals surface area contributed by atoms with Crippen molar-refractivity contribution in [2.24, 2.45) is 0 Å². The third-order valence-electron chi connectivity index (χ3n) is 6.59. The second-order valence-corrected chi connectivity index (χ2v) is 9.45. The maximum absolute atomic E-state index is 13.3. The van der Waals surface area contributed by atoms with Gasteiger partial charge < -0.3 is 15.1 Å². The molecule has 1 saturated heterocycles. The number of piperazine rings is 1. The minimum atomic E-state index is -4.28. The number of carbonyl (C=O) groups excluding carboxylic acids is 1. The number of nitrogens with one attached hydrogen (secondary N) is 1. The minimum Gasteiger partial charge on any atom is -0.353 e. The Morgan fingerprint density at radius 1 is 1.18 bits per heavy atom. The molecular formula is C24H29ClF3N5O. The van der Waals surface area contributed by atoms with E-state index >= 15 is 0 Å². The molecule has 1 amide bonds. The molecule has 1 fully saturated rings. The highest BCUT2D eigenvalue weighted by atomic mass is 35.5. The Hall–Kier alpha value is -2.39. The molecule has 2 heterocycles. The first-order valence-electron chi connectivity index (χ1n) is 11.6. The average Bonchev–Trinajstić information content (AvgIpc) is 3.20. The number of carbonyl (C=O) groups is 1. The number of halogens is 4. The fourth-order valence-electron chi connectivity index (χ4n) is 4.73. The third-order valence-corrected chi connectivity index (χ3v) is 6.85. The number of hydrogen-bond acceptors (Lipinski definition) is 5. The number of aryl methyl sites for hydroxylation is 1. The number of rotatable bonds is 7. The molecule has 2 aliphatic rings. The van der Waals surface area contributed by atoms with E-state index in [-0.39, 0.29) is 12.5 Å². The van der Waals surface area contributed by atoms with Crippen LogP contribution in [0.15, 0.2) is 30.6 Å². The predicted molar refractivity (Wildman–Crippen MR) is 125 cm³/mol. The van der Waals surface area contributed by atoms with Gasteiger partial charge in [0.25, 0.3) is 0 Å². The number of anilines is 1. The van der Waals surface area contributed by atoms with Gasteiger partial charge in [-0.25, -0.2) is 9.97 Å². The fourth-order valence-corrected chi connectivity index (χ4v) is 4.85. The molecule has 0 spiro atoms. The van der Waals surface area contributed by atoms with Gasteiger partial charge in [-0.15, -0.1) is 0 Å². The lowest BCUT2D eigenvalue weighted by Gasteiger charge is -2.38. The van der Waals surface area contributed by atoms with Crippen LogP contribution >= 0.6 is 11.6 Å². The van der Waals surface area contributed by atoms with Gasteiger partial charge >= 0.3 is 6.18 Å². The molecule has 34 heavy (non-hydrogen) atoms. The third kappa shape index (κ3) is 5.99. The number of alkyl halides is 3. The van der Waals surface area contributed by atoms with Crippen molar-refractivity contribution in [3.05, 3.63) is 52.4 Å². The van der Waals surface area contributed by atoms with E-state index in [1.807, 2.05) is 0 Å². The Morgan fingerprint density at radius 2 is 1.88 bits per heavy atom. The maximum Gasteiger partial charge on any atom is 0.390 e. The normalized spacial score (nSPS) is 19.3. The Morgan fingerprint density at radius 3 is 2.56 bits per heavy atom. The summed E-state index contributed by atoms with van der Waals surface area (Å²) in [6, 6.07) is 6.28. The van der Waals surface area contributed by atoms with Crippen LogP contribution in [0.1, 0.15) is 42.5 Å². The number of aromatic nitrogens is 2. The number of fused-ring (bicyclic) bond motifs is 1. The molecule has 10 heteroatoms. The van der Waals surface area contributed by atoms with Crippen LogP contribution in [0.4, 0.5) is 19.0 Å². The first-order valence-corrected chi connectivity index (χ1v) is 12.0. The number of nitrogens with zero attached hydrogens (tertiary/aromatic N) is 4. The lowest BCUT2D eigenvalue weighted by molar-refractivity contribution is -0.138. The summed E-state index contributed by atoms with van der Waals surface area (Å²) in [5, 5.41) is 3.41. The van der Waals surface area contributed by atoms with Crippen molar-refractivity contribution in [2.45, 2.75) is 50.7 Å². The van der Waals surface area contributed by atoms with Crippen LogP contribution in [-0.2, 0) is 17.6 Å². The molecule has 1 aromatic heterocycles. The zero-order chi connectivity index (χ0) is 24.3. The molecule has 4 rings (SSSR count). The largest absolute Gasteiger partial charge is 0.390 e. The summed E-state index contributed by atoms with van der Waals surface area (Å²) >= 11 is 5.95. The molecule has 0 bridgehead atoms. The highest BCUT2D eigenvalue weighted by Crippen LogP contribution is 2.37. The van der Waals surface area contributed by atoms with Crippen molar-refractivity contribution in [3.8, 4) is 0 Å². The van der Waals surface area contributed by atoms with Crippen LogP contribution in [-0.4, -0.2) is 65.7 Å². The number of amides is 1. The molecular weight excluding hydrogens is 467 g/mol. The summed E-state index contributed by atoms with van der Waals surface area (Å²) in [6.07, 6.45) is -1.33. The van der Waals surface area contributed by atoms with Crippen molar-refractivity contribution >= 4 is 23.3 Å². The highest BCUT2D eigenvalue weighted by Gasteiger charge is 2.32. The molecule has 2 aromatic rings. The first-order chi connectivity index (χ1) is 16.2. The fraction of sp³-hybridized carbons (Fsp3) is 0.542. The van der Waals surface area contributed by atoms with E-state index in [2.05, 4.69) is 27.1 Å². The number of benzene rings is 1. The molecule has 0 saturated carbocycles. The Labute approximate surface area is 202 Å². The van der Waals surface area contributed by atoms with E-state index in [9.17, 15) is 18.0 Å². The molecule has 1 N–H and O–H groups in total. The standard InChI is InChI=1S/C24H29ClF3N5O/c1-16-2-7-19-21(16)22(31-15-30-19)32-10-12-33(13-11-32)23(34)20(29-9-8-24(26,27)28)14-17-3-5-18(25)6-4-17/h3-6,15-16,20,29H,2,7-14H2,1H3/t16-,20?/m1/s1. The lowest BCUT2D eigenvalue weighted by Crippen LogP contribution is -2.55. The van der Waals surface area contributed by atoms with E-state index in [4.69, 9.17) is 11.6 Å². The van der Waals surface area contributed by atoms with Gasteiger partial charge in [0.15, 0.2) is 0 Å². The zero-order valence-corrected chi connectivity index (χ0v) is 19.9. The SMILES string of the molecule is C[C@@H]1CCc2ncnc(N3CCN(C(=O)C(Cc4ccc(Cl)cc4)NCCC(F)(F)F)CC3)c21. The van der Waals surface area contributed by atoms with Gasteiger partial charge in [-0.3, -0.25) is 4.79 Å². The molecule has 2 atom stereocenters. The van der Waals surface area contributed by atoms with Crippen molar-refractivity contribution in [2.75, 3.05) is 37.6 Å².